The van der Waals surface area contributed by atoms with Crippen molar-refractivity contribution in [1.82, 2.24) is 0 Å². The van der Waals surface area contributed by atoms with Crippen molar-refractivity contribution in [2.24, 2.45) is 17.4 Å². The van der Waals surface area contributed by atoms with E-state index in [9.17, 15) is 4.79 Å². The summed E-state index contributed by atoms with van der Waals surface area (Å²) in [5.74, 6) is 0.0241. The first kappa shape index (κ1) is 9.59. The van der Waals surface area contributed by atoms with E-state index in [4.69, 9.17) is 11.5 Å². The second-order valence-corrected chi connectivity index (χ2v) is 2.94. The van der Waals surface area contributed by atoms with Crippen LogP contribution in [0.2, 0.25) is 0 Å². The van der Waals surface area contributed by atoms with Gasteiger partial charge in [-0.15, -0.1) is 0 Å². The van der Waals surface area contributed by atoms with Crippen LogP contribution in [0.1, 0.15) is 20.8 Å². The van der Waals surface area contributed by atoms with E-state index in [1.165, 1.54) is 0 Å². The number of nitrogens with two attached hydrogens (primary N) is 2. The summed E-state index contributed by atoms with van der Waals surface area (Å²) in [6.45, 7) is 5.39. The summed E-state index contributed by atoms with van der Waals surface area (Å²) >= 11 is 0. The molecule has 0 radical (unpaired) electrons. The maximum atomic E-state index is 11.1. The van der Waals surface area contributed by atoms with Crippen LogP contribution >= 0.6 is 0 Å². The summed E-state index contributed by atoms with van der Waals surface area (Å²) in [5.41, 5.74) is 10.9. The molecule has 0 fully saturated rings. The lowest BCUT2D eigenvalue weighted by Gasteiger charge is -2.15. The van der Waals surface area contributed by atoms with Crippen molar-refractivity contribution in [1.29, 1.82) is 0 Å². The van der Waals surface area contributed by atoms with Crippen LogP contribution in [0.15, 0.2) is 0 Å². The molecule has 0 aromatic carbocycles. The minimum absolute atomic E-state index is 0.0130. The van der Waals surface area contributed by atoms with E-state index in [0.29, 0.717) is 0 Å². The molecule has 0 aromatic rings. The molecule has 3 nitrogen and oxygen atoms in total. The molecule has 10 heavy (non-hydrogen) atoms. The SMILES string of the molecule is CC(C)C(=O)[C@@H](N)C(C)N. The van der Waals surface area contributed by atoms with Crippen molar-refractivity contribution >= 4 is 5.78 Å². The van der Waals surface area contributed by atoms with Gasteiger partial charge >= 0.3 is 0 Å². The van der Waals surface area contributed by atoms with Gasteiger partial charge in [-0.05, 0) is 6.92 Å². The third kappa shape index (κ3) is 2.45. The second-order valence-electron chi connectivity index (χ2n) is 2.94. The fourth-order valence-corrected chi connectivity index (χ4v) is 0.644. The summed E-state index contributed by atoms with van der Waals surface area (Å²) in [4.78, 5) is 11.1. The van der Waals surface area contributed by atoms with Crippen molar-refractivity contribution in [3.8, 4) is 0 Å². The maximum absolute atomic E-state index is 11.1. The molecule has 3 heteroatoms. The Morgan fingerprint density at radius 3 is 1.70 bits per heavy atom. The quantitative estimate of drug-likeness (QED) is 0.580. The predicted molar refractivity (Wildman–Crippen MR) is 41.5 cm³/mol. The molecule has 4 N–H and O–H groups in total. The first-order valence-corrected chi connectivity index (χ1v) is 3.51. The molecule has 0 aliphatic heterocycles. The van der Waals surface area contributed by atoms with Crippen LogP contribution in [-0.2, 0) is 4.79 Å². The zero-order valence-electron chi connectivity index (χ0n) is 6.79. The Morgan fingerprint density at radius 1 is 1.20 bits per heavy atom. The molecule has 0 aliphatic rings. The standard InChI is InChI=1S/C7H16N2O/c1-4(2)7(10)6(9)5(3)8/h4-6H,8-9H2,1-3H3/t5?,6-/m0/s1. The van der Waals surface area contributed by atoms with Crippen molar-refractivity contribution in [2.45, 2.75) is 32.9 Å². The first-order valence-electron chi connectivity index (χ1n) is 3.51. The van der Waals surface area contributed by atoms with Crippen molar-refractivity contribution in [2.75, 3.05) is 0 Å². The van der Waals surface area contributed by atoms with Crippen molar-refractivity contribution in [3.05, 3.63) is 0 Å². The fraction of sp³-hybridized carbons (Fsp3) is 0.857. The van der Waals surface area contributed by atoms with Gasteiger partial charge in [0.15, 0.2) is 5.78 Å². The molecule has 0 aliphatic carbocycles. The van der Waals surface area contributed by atoms with Crippen molar-refractivity contribution < 1.29 is 4.79 Å². The third-order valence-electron chi connectivity index (χ3n) is 1.46. The molecule has 0 saturated carbocycles. The van der Waals surface area contributed by atoms with E-state index in [1.807, 2.05) is 13.8 Å². The van der Waals surface area contributed by atoms with Crippen LogP contribution in [0.4, 0.5) is 0 Å². The Bertz CT molecular complexity index is 121. The summed E-state index contributed by atoms with van der Waals surface area (Å²) in [6, 6.07) is -0.741. The molecule has 0 spiro atoms. The largest absolute Gasteiger partial charge is 0.326 e. The molecule has 0 heterocycles. The zero-order chi connectivity index (χ0) is 8.31. The Balaban J connectivity index is 3.95. The number of hydrogen-bond donors (Lipinski definition) is 2. The van der Waals surface area contributed by atoms with E-state index in [2.05, 4.69) is 0 Å². The van der Waals surface area contributed by atoms with Crippen LogP contribution in [0.3, 0.4) is 0 Å². The maximum Gasteiger partial charge on any atom is 0.153 e. The molecule has 0 saturated heterocycles. The normalized spacial score (nSPS) is 17.0. The van der Waals surface area contributed by atoms with E-state index in [0.717, 1.165) is 0 Å². The summed E-state index contributed by atoms with van der Waals surface area (Å²) < 4.78 is 0. The lowest BCUT2D eigenvalue weighted by Crippen LogP contribution is -2.46. The molecular formula is C7H16N2O. The van der Waals surface area contributed by atoms with Gasteiger partial charge in [0.25, 0.3) is 0 Å². The number of rotatable bonds is 3. The van der Waals surface area contributed by atoms with Crippen LogP contribution < -0.4 is 11.5 Å². The van der Waals surface area contributed by atoms with E-state index >= 15 is 0 Å². The Labute approximate surface area is 61.8 Å². The topological polar surface area (TPSA) is 69.1 Å². The van der Waals surface area contributed by atoms with E-state index in [-0.39, 0.29) is 17.7 Å². The third-order valence-corrected chi connectivity index (χ3v) is 1.46. The Kier molecular flexibility index (Phi) is 3.53. The van der Waals surface area contributed by atoms with Gasteiger partial charge in [-0.2, -0.15) is 0 Å². The van der Waals surface area contributed by atoms with Gasteiger partial charge in [0.2, 0.25) is 0 Å². The zero-order valence-corrected chi connectivity index (χ0v) is 6.79. The van der Waals surface area contributed by atoms with Gasteiger partial charge in [-0.25, -0.2) is 0 Å². The number of carbonyl (C=O) groups excluding carboxylic acids is 1. The average molecular weight is 144 g/mol. The Hall–Kier alpha value is -0.410. The summed E-state index contributed by atoms with van der Waals surface area (Å²) in [7, 11) is 0. The van der Waals surface area contributed by atoms with Gasteiger partial charge < -0.3 is 11.5 Å². The van der Waals surface area contributed by atoms with Crippen molar-refractivity contribution in [3.63, 3.8) is 0 Å². The van der Waals surface area contributed by atoms with E-state index in [1.54, 1.807) is 6.92 Å². The highest BCUT2D eigenvalue weighted by atomic mass is 16.1. The highest BCUT2D eigenvalue weighted by Gasteiger charge is 2.19. The highest BCUT2D eigenvalue weighted by molar-refractivity contribution is 5.86. The summed E-state index contributed by atoms with van der Waals surface area (Å²) in [5, 5.41) is 0. The number of hydrogen-bond acceptors (Lipinski definition) is 3. The molecule has 0 aromatic heterocycles. The molecule has 0 rings (SSSR count). The molecular weight excluding hydrogens is 128 g/mol. The average Bonchev–Trinajstić information content (AvgIpc) is 1.84. The first-order chi connectivity index (χ1) is 4.46. The van der Waals surface area contributed by atoms with E-state index < -0.39 is 6.04 Å². The van der Waals surface area contributed by atoms with Crippen LogP contribution in [-0.4, -0.2) is 17.9 Å². The molecule has 0 amide bonds. The van der Waals surface area contributed by atoms with Gasteiger partial charge in [-0.1, -0.05) is 13.8 Å². The molecule has 1 unspecified atom stereocenters. The van der Waals surface area contributed by atoms with Gasteiger partial charge in [0.1, 0.15) is 0 Å². The lowest BCUT2D eigenvalue weighted by molar-refractivity contribution is -0.123. The number of Topliss-reactive ketones (excluding diaryl/α,β-unsaturated/α-hetero) is 1. The number of carbonyl (C=O) groups is 1. The Morgan fingerprint density at radius 2 is 1.60 bits per heavy atom. The lowest BCUT2D eigenvalue weighted by atomic mass is 9.98. The predicted octanol–water partition coefficient (Wildman–Crippen LogP) is -0.114. The smallest absolute Gasteiger partial charge is 0.153 e. The molecule has 60 valence electrons. The van der Waals surface area contributed by atoms with Gasteiger partial charge in [-0.3, -0.25) is 4.79 Å². The number of ketones is 1. The highest BCUT2D eigenvalue weighted by Crippen LogP contribution is 1.99. The second kappa shape index (κ2) is 3.68. The van der Waals surface area contributed by atoms with Crippen LogP contribution in [0.25, 0.3) is 0 Å². The fourth-order valence-electron chi connectivity index (χ4n) is 0.644. The van der Waals surface area contributed by atoms with Crippen LogP contribution in [0, 0.1) is 5.92 Å². The minimum Gasteiger partial charge on any atom is -0.326 e. The molecule has 0 bridgehead atoms. The van der Waals surface area contributed by atoms with Gasteiger partial charge in [0.05, 0.1) is 6.04 Å². The summed E-state index contributed by atoms with van der Waals surface area (Å²) in [6.07, 6.45) is 0. The monoisotopic (exact) mass is 144 g/mol. The minimum atomic E-state index is -0.500. The van der Waals surface area contributed by atoms with Gasteiger partial charge in [0, 0.05) is 12.0 Å². The van der Waals surface area contributed by atoms with Crippen LogP contribution in [0.5, 0.6) is 0 Å². The molecule has 2 atom stereocenters.